The predicted octanol–water partition coefficient (Wildman–Crippen LogP) is -0.292. The molecule has 0 aromatic carbocycles. The minimum Gasteiger partial charge on any atom is -0.389 e. The zero-order valence-corrected chi connectivity index (χ0v) is 22.8. The van der Waals surface area contributed by atoms with Crippen molar-refractivity contribution in [2.75, 3.05) is 30.8 Å². The Morgan fingerprint density at radius 3 is 2.59 bits per heavy atom. The summed E-state index contributed by atoms with van der Waals surface area (Å²) >= 11 is 0. The van der Waals surface area contributed by atoms with Gasteiger partial charge in [-0.05, 0) is 25.2 Å². The van der Waals surface area contributed by atoms with E-state index in [0.29, 0.717) is 6.54 Å². The van der Waals surface area contributed by atoms with Crippen LogP contribution in [0.1, 0.15) is 44.9 Å². The number of ether oxygens (including phenoxy) is 1. The molecule has 2 aromatic rings. The van der Waals surface area contributed by atoms with Crippen LogP contribution in [0, 0.1) is 5.92 Å². The fourth-order valence-electron chi connectivity index (χ4n) is 5.18. The Morgan fingerprint density at radius 1 is 1.15 bits per heavy atom. The molecule has 17 nitrogen and oxygen atoms in total. The SMILES string of the molecule is CCCCNc1nc2c(N)[n+]3cnc2n1[C@@H]1O[C@H](COP(=O)(O)OP(=O)(O)OC[C@@H]2C[C@@H](O)[C@H]3C2)[C@@H](O)[C@H]1O. The highest BCUT2D eigenvalue weighted by atomic mass is 31.3. The second-order valence-electron chi connectivity index (χ2n) is 9.92. The molecule has 9 atom stereocenters. The number of hydrogen-bond donors (Lipinski definition) is 7. The number of nitrogens with one attached hydrogen (secondary N) is 1. The summed E-state index contributed by atoms with van der Waals surface area (Å²) in [6, 6.07) is -0.582. The molecule has 8 bridgehead atoms. The lowest BCUT2D eigenvalue weighted by atomic mass is 10.1. The second kappa shape index (κ2) is 10.9. The highest BCUT2D eigenvalue weighted by Crippen LogP contribution is 2.61. The minimum atomic E-state index is -5.16. The van der Waals surface area contributed by atoms with Gasteiger partial charge in [0.1, 0.15) is 24.4 Å². The lowest BCUT2D eigenvalue weighted by Crippen LogP contribution is -2.46. The molecule has 39 heavy (non-hydrogen) atoms. The summed E-state index contributed by atoms with van der Waals surface area (Å²) in [5.74, 6) is 0.00371. The number of anilines is 2. The van der Waals surface area contributed by atoms with Gasteiger partial charge >= 0.3 is 15.6 Å². The highest BCUT2D eigenvalue weighted by molar-refractivity contribution is 7.61. The van der Waals surface area contributed by atoms with Crippen LogP contribution in [-0.2, 0) is 27.2 Å². The molecule has 6 rings (SSSR count). The summed E-state index contributed by atoms with van der Waals surface area (Å²) in [5.41, 5.74) is 6.98. The van der Waals surface area contributed by atoms with E-state index in [1.54, 1.807) is 4.57 Å². The number of phosphoric acid groups is 2. The molecule has 1 saturated carbocycles. The molecule has 218 valence electrons. The maximum atomic E-state index is 12.4. The van der Waals surface area contributed by atoms with E-state index in [2.05, 4.69) is 19.6 Å². The van der Waals surface area contributed by atoms with Crippen molar-refractivity contribution in [3.05, 3.63) is 6.33 Å². The zero-order chi connectivity index (χ0) is 28.1. The molecule has 2 unspecified atom stereocenters. The molecule has 1 aliphatic carbocycles. The molecule has 4 aliphatic rings. The standard InChI is InChI=1S/C20H32N6O11P2/c1-2-3-4-22-20-24-14-17(21)25-9-23-18(14)26(20)19-16(29)15(28)13(36-19)8-35-39(32,33)37-38(30,31)34-7-10-5-11(25)12(27)6-10/h9-13,15-16,19,21,27-29H,2-8H2,1H3,(H3,22,24,30,31,32,33)/p+1/t10-,11+,12+,13+,15+,16+,19+/m0/s1. The Balaban J connectivity index is 1.60. The lowest BCUT2D eigenvalue weighted by molar-refractivity contribution is -0.716. The number of aliphatic hydroxyl groups is 3. The molecule has 0 radical (unpaired) electrons. The van der Waals surface area contributed by atoms with Gasteiger partial charge in [0.15, 0.2) is 11.7 Å². The Labute approximate surface area is 222 Å². The smallest absolute Gasteiger partial charge is 0.389 e. The second-order valence-corrected chi connectivity index (χ2v) is 13.0. The number of nitrogens with zero attached hydrogens (tertiary/aromatic N) is 4. The number of aromatic nitrogens is 4. The maximum absolute atomic E-state index is 12.4. The topological polar surface area (TPSA) is 245 Å². The van der Waals surface area contributed by atoms with Crippen LogP contribution in [0.5, 0.6) is 0 Å². The molecule has 1 saturated heterocycles. The van der Waals surface area contributed by atoms with Gasteiger partial charge in [0, 0.05) is 6.54 Å². The van der Waals surface area contributed by atoms with E-state index < -0.39 is 64.9 Å². The molecular weight excluding hydrogens is 562 g/mol. The van der Waals surface area contributed by atoms with Crippen LogP contribution in [0.2, 0.25) is 0 Å². The number of nitrogens with two attached hydrogens (primary N) is 1. The fourth-order valence-corrected chi connectivity index (χ4v) is 7.34. The van der Waals surface area contributed by atoms with Gasteiger partial charge < -0.3 is 40.9 Å². The number of hydrogen-bond acceptors (Lipinski definition) is 13. The van der Waals surface area contributed by atoms with Crippen molar-refractivity contribution in [2.24, 2.45) is 5.92 Å². The average molecular weight is 595 g/mol. The summed E-state index contributed by atoms with van der Waals surface area (Å²) in [4.78, 5) is 29.1. The number of rotatable bonds is 4. The molecule has 3 aliphatic heterocycles. The van der Waals surface area contributed by atoms with E-state index in [0.717, 1.165) is 12.8 Å². The van der Waals surface area contributed by atoms with E-state index in [1.807, 2.05) is 6.92 Å². The van der Waals surface area contributed by atoms with Crippen molar-refractivity contribution < 1.29 is 56.9 Å². The van der Waals surface area contributed by atoms with E-state index >= 15 is 0 Å². The average Bonchev–Trinajstić information content (AvgIpc) is 3.50. The van der Waals surface area contributed by atoms with E-state index in [4.69, 9.17) is 19.5 Å². The first kappa shape index (κ1) is 28.8. The van der Waals surface area contributed by atoms with Gasteiger partial charge in [-0.25, -0.2) is 18.7 Å². The van der Waals surface area contributed by atoms with Crippen molar-refractivity contribution >= 4 is 38.6 Å². The quantitative estimate of drug-likeness (QED) is 0.136. The van der Waals surface area contributed by atoms with Gasteiger partial charge in [-0.15, -0.1) is 0 Å². The van der Waals surface area contributed by atoms with E-state index in [-0.39, 0.29) is 42.4 Å². The van der Waals surface area contributed by atoms with Crippen LogP contribution in [0.3, 0.4) is 0 Å². The van der Waals surface area contributed by atoms with E-state index in [1.165, 1.54) is 10.9 Å². The van der Waals surface area contributed by atoms with Crippen molar-refractivity contribution in [1.29, 1.82) is 0 Å². The van der Waals surface area contributed by atoms with Crippen LogP contribution in [-0.4, -0.2) is 83.8 Å². The third kappa shape index (κ3) is 5.72. The lowest BCUT2D eigenvalue weighted by Gasteiger charge is -2.20. The van der Waals surface area contributed by atoms with Crippen molar-refractivity contribution in [3.8, 4) is 0 Å². The van der Waals surface area contributed by atoms with Gasteiger partial charge in [0.05, 0.1) is 19.3 Å². The number of fused-ring (bicyclic) bond motifs is 7. The van der Waals surface area contributed by atoms with Crippen molar-refractivity contribution in [1.82, 2.24) is 14.5 Å². The van der Waals surface area contributed by atoms with Crippen LogP contribution in [0.15, 0.2) is 6.33 Å². The largest absolute Gasteiger partial charge is 0.481 e. The summed E-state index contributed by atoms with van der Waals surface area (Å²) in [5, 5.41) is 35.4. The van der Waals surface area contributed by atoms with Crippen LogP contribution in [0.25, 0.3) is 11.2 Å². The molecule has 19 heteroatoms. The number of phosphoric ester groups is 2. The van der Waals surface area contributed by atoms with Crippen LogP contribution >= 0.6 is 15.6 Å². The van der Waals surface area contributed by atoms with Gasteiger partial charge in [-0.2, -0.15) is 4.31 Å². The number of nitrogen functional groups attached to an aromatic ring is 1. The zero-order valence-electron chi connectivity index (χ0n) is 21.0. The van der Waals surface area contributed by atoms with E-state index in [9.17, 15) is 34.2 Å². The third-order valence-electron chi connectivity index (χ3n) is 7.15. The summed E-state index contributed by atoms with van der Waals surface area (Å²) in [6.45, 7) is 1.39. The molecule has 5 heterocycles. The molecule has 0 spiro atoms. The molecule has 2 fully saturated rings. The Bertz CT molecular complexity index is 1310. The van der Waals surface area contributed by atoms with Gasteiger partial charge in [-0.1, -0.05) is 18.3 Å². The maximum Gasteiger partial charge on any atom is 0.481 e. The first-order valence-corrected chi connectivity index (χ1v) is 15.6. The molecule has 8 N–H and O–H groups in total. The Morgan fingerprint density at radius 2 is 1.87 bits per heavy atom. The van der Waals surface area contributed by atoms with Crippen LogP contribution < -0.4 is 15.6 Å². The molecule has 0 amide bonds. The van der Waals surface area contributed by atoms with Crippen LogP contribution in [0.4, 0.5) is 11.8 Å². The highest BCUT2D eigenvalue weighted by Gasteiger charge is 2.48. The van der Waals surface area contributed by atoms with Gasteiger partial charge in [0.25, 0.3) is 5.82 Å². The summed E-state index contributed by atoms with van der Waals surface area (Å²) < 4.78 is 47.6. The number of aliphatic hydroxyl groups excluding tert-OH is 3. The number of imidazole rings is 1. The van der Waals surface area contributed by atoms with Crippen molar-refractivity contribution in [3.63, 3.8) is 0 Å². The Kier molecular flexibility index (Phi) is 8.05. The predicted molar refractivity (Wildman–Crippen MR) is 132 cm³/mol. The van der Waals surface area contributed by atoms with Crippen molar-refractivity contribution in [2.45, 2.75) is 69.3 Å². The first-order chi connectivity index (χ1) is 18.4. The van der Waals surface area contributed by atoms with Gasteiger partial charge in [-0.3, -0.25) is 13.6 Å². The normalized spacial score (nSPS) is 39.3. The summed E-state index contributed by atoms with van der Waals surface area (Å²) in [6.07, 6.45) is -3.09. The first-order valence-electron chi connectivity index (χ1n) is 12.6. The minimum absolute atomic E-state index is 0.175. The van der Waals surface area contributed by atoms with Gasteiger partial charge in [0.2, 0.25) is 17.9 Å². The Hall–Kier alpha value is -1.75. The monoisotopic (exact) mass is 595 g/mol. The third-order valence-corrected chi connectivity index (χ3v) is 9.75. The molecule has 2 aromatic heterocycles. The molecular formula is C20H33N6O11P2+. The number of unbranched alkanes of at least 4 members (excludes halogenated alkanes) is 1. The fraction of sp³-hybridized carbons (Fsp3) is 0.750. The summed E-state index contributed by atoms with van der Waals surface area (Å²) in [7, 11) is -10.2.